The van der Waals surface area contributed by atoms with Gasteiger partial charge in [0.05, 0.1) is 6.10 Å². The number of aliphatic hydroxyl groups excluding tert-OH is 1. The van der Waals surface area contributed by atoms with Gasteiger partial charge < -0.3 is 15.7 Å². The number of rotatable bonds is 4. The van der Waals surface area contributed by atoms with E-state index in [-0.39, 0.29) is 18.2 Å². The van der Waals surface area contributed by atoms with Crippen LogP contribution in [0.2, 0.25) is 0 Å². The molecule has 1 atom stereocenters. The largest absolute Gasteiger partial charge is 0.393 e. The number of nitrogens with one attached hydrogen (secondary N) is 2. The smallest absolute Gasteiger partial charge is 0.315 e. The van der Waals surface area contributed by atoms with Crippen LogP contribution in [0.4, 0.5) is 4.79 Å². The van der Waals surface area contributed by atoms with Gasteiger partial charge in [0.15, 0.2) is 0 Å². The van der Waals surface area contributed by atoms with E-state index in [2.05, 4.69) is 29.0 Å². The molecule has 1 heterocycles. The van der Waals surface area contributed by atoms with E-state index in [1.165, 1.54) is 4.88 Å². The third-order valence-electron chi connectivity index (χ3n) is 3.63. The third kappa shape index (κ3) is 4.51. The molecule has 2 rings (SSSR count). The fourth-order valence-electron chi connectivity index (χ4n) is 2.37. The van der Waals surface area contributed by atoms with Gasteiger partial charge in [-0.15, -0.1) is 11.3 Å². The molecule has 1 unspecified atom stereocenters. The SMILES string of the molecule is CC(CNC(=O)NC1CCC(O)CC1)c1cccs1. The predicted octanol–water partition coefficient (Wildman–Crippen LogP) is 2.45. The molecule has 1 saturated carbocycles. The number of carbonyl (C=O) groups excluding carboxylic acids is 1. The normalized spacial score (nSPS) is 24.7. The summed E-state index contributed by atoms with van der Waals surface area (Å²) in [6.07, 6.45) is 3.14. The van der Waals surface area contributed by atoms with Gasteiger partial charge in [-0.1, -0.05) is 13.0 Å². The summed E-state index contributed by atoms with van der Waals surface area (Å²) < 4.78 is 0. The Labute approximate surface area is 118 Å². The van der Waals surface area contributed by atoms with Crippen LogP contribution in [0.15, 0.2) is 17.5 Å². The topological polar surface area (TPSA) is 61.4 Å². The molecule has 1 aliphatic carbocycles. The lowest BCUT2D eigenvalue weighted by Gasteiger charge is -2.26. The maximum absolute atomic E-state index is 11.8. The second kappa shape index (κ2) is 6.91. The summed E-state index contributed by atoms with van der Waals surface area (Å²) in [5, 5.41) is 17.4. The zero-order valence-electron chi connectivity index (χ0n) is 11.3. The number of urea groups is 1. The van der Waals surface area contributed by atoms with Crippen molar-refractivity contribution < 1.29 is 9.90 Å². The monoisotopic (exact) mass is 282 g/mol. The average molecular weight is 282 g/mol. The molecule has 3 N–H and O–H groups in total. The summed E-state index contributed by atoms with van der Waals surface area (Å²) in [6.45, 7) is 2.77. The summed E-state index contributed by atoms with van der Waals surface area (Å²) in [7, 11) is 0. The Morgan fingerprint density at radius 3 is 2.84 bits per heavy atom. The van der Waals surface area contributed by atoms with Crippen LogP contribution in [0, 0.1) is 0 Å². The van der Waals surface area contributed by atoms with Gasteiger partial charge >= 0.3 is 6.03 Å². The first-order chi connectivity index (χ1) is 9.15. The van der Waals surface area contributed by atoms with E-state index in [0.29, 0.717) is 12.5 Å². The molecule has 106 valence electrons. The van der Waals surface area contributed by atoms with Crippen molar-refractivity contribution in [3.05, 3.63) is 22.4 Å². The number of hydrogen-bond acceptors (Lipinski definition) is 3. The minimum absolute atomic E-state index is 0.0928. The second-order valence-corrected chi connectivity index (χ2v) is 6.26. The van der Waals surface area contributed by atoms with Gasteiger partial charge in [-0.05, 0) is 37.1 Å². The highest BCUT2D eigenvalue weighted by Crippen LogP contribution is 2.20. The highest BCUT2D eigenvalue weighted by atomic mass is 32.1. The number of thiophene rings is 1. The number of aliphatic hydroxyl groups is 1. The Balaban J connectivity index is 1.67. The molecule has 5 heteroatoms. The maximum atomic E-state index is 11.8. The first-order valence-electron chi connectivity index (χ1n) is 6.91. The number of hydrogen-bond donors (Lipinski definition) is 3. The number of carbonyl (C=O) groups is 1. The second-order valence-electron chi connectivity index (χ2n) is 5.28. The molecule has 0 aromatic carbocycles. The van der Waals surface area contributed by atoms with E-state index in [4.69, 9.17) is 0 Å². The Morgan fingerprint density at radius 2 is 2.21 bits per heavy atom. The lowest BCUT2D eigenvalue weighted by molar-refractivity contribution is 0.117. The molecule has 2 amide bonds. The van der Waals surface area contributed by atoms with Gasteiger partial charge in [0.2, 0.25) is 0 Å². The van der Waals surface area contributed by atoms with Gasteiger partial charge in [0, 0.05) is 23.4 Å². The van der Waals surface area contributed by atoms with Gasteiger partial charge in [-0.2, -0.15) is 0 Å². The summed E-state index contributed by atoms with van der Waals surface area (Å²) in [4.78, 5) is 13.1. The summed E-state index contributed by atoms with van der Waals surface area (Å²) in [6, 6.07) is 4.24. The summed E-state index contributed by atoms with van der Waals surface area (Å²) >= 11 is 1.72. The van der Waals surface area contributed by atoms with E-state index in [9.17, 15) is 9.90 Å². The molecular weight excluding hydrogens is 260 g/mol. The lowest BCUT2D eigenvalue weighted by atomic mass is 9.93. The first kappa shape index (κ1) is 14.3. The molecule has 0 saturated heterocycles. The van der Waals surface area contributed by atoms with Gasteiger partial charge in [-0.25, -0.2) is 4.79 Å². The molecular formula is C14H22N2O2S. The van der Waals surface area contributed by atoms with Crippen molar-refractivity contribution in [3.63, 3.8) is 0 Å². The molecule has 19 heavy (non-hydrogen) atoms. The highest BCUT2D eigenvalue weighted by Gasteiger charge is 2.20. The van der Waals surface area contributed by atoms with Crippen molar-refractivity contribution >= 4 is 17.4 Å². The van der Waals surface area contributed by atoms with Crippen LogP contribution >= 0.6 is 11.3 Å². The fraction of sp³-hybridized carbons (Fsp3) is 0.643. The van der Waals surface area contributed by atoms with Crippen molar-refractivity contribution in [3.8, 4) is 0 Å². The summed E-state index contributed by atoms with van der Waals surface area (Å²) in [5.74, 6) is 0.346. The van der Waals surface area contributed by atoms with Crippen LogP contribution in [0.5, 0.6) is 0 Å². The molecule has 0 radical (unpaired) electrons. The summed E-state index contributed by atoms with van der Waals surface area (Å²) in [5.41, 5.74) is 0. The quantitative estimate of drug-likeness (QED) is 0.794. The molecule has 0 aliphatic heterocycles. The minimum atomic E-state index is -0.181. The predicted molar refractivity (Wildman–Crippen MR) is 77.5 cm³/mol. The van der Waals surface area contributed by atoms with Crippen LogP contribution in [0.25, 0.3) is 0 Å². The molecule has 4 nitrogen and oxygen atoms in total. The van der Waals surface area contributed by atoms with E-state index in [1.807, 2.05) is 6.07 Å². The fourth-order valence-corrected chi connectivity index (χ4v) is 3.16. The van der Waals surface area contributed by atoms with E-state index in [0.717, 1.165) is 25.7 Å². The van der Waals surface area contributed by atoms with Crippen molar-refractivity contribution in [1.82, 2.24) is 10.6 Å². The van der Waals surface area contributed by atoms with Crippen LogP contribution in [-0.2, 0) is 0 Å². The molecule has 1 fully saturated rings. The van der Waals surface area contributed by atoms with Gasteiger partial charge in [0.25, 0.3) is 0 Å². The molecule has 0 spiro atoms. The van der Waals surface area contributed by atoms with Crippen molar-refractivity contribution in [1.29, 1.82) is 0 Å². The van der Waals surface area contributed by atoms with Crippen LogP contribution < -0.4 is 10.6 Å². The van der Waals surface area contributed by atoms with Crippen molar-refractivity contribution in [2.75, 3.05) is 6.54 Å². The molecule has 0 bridgehead atoms. The van der Waals surface area contributed by atoms with Crippen molar-refractivity contribution in [2.24, 2.45) is 0 Å². The zero-order chi connectivity index (χ0) is 13.7. The Hall–Kier alpha value is -1.07. The van der Waals surface area contributed by atoms with Crippen LogP contribution in [0.1, 0.15) is 43.4 Å². The zero-order valence-corrected chi connectivity index (χ0v) is 12.1. The minimum Gasteiger partial charge on any atom is -0.393 e. The molecule has 1 aromatic heterocycles. The van der Waals surface area contributed by atoms with Gasteiger partial charge in [0.1, 0.15) is 0 Å². The maximum Gasteiger partial charge on any atom is 0.315 e. The highest BCUT2D eigenvalue weighted by molar-refractivity contribution is 7.10. The Bertz CT molecular complexity index is 386. The molecule has 1 aromatic rings. The van der Waals surface area contributed by atoms with Crippen molar-refractivity contribution in [2.45, 2.75) is 50.7 Å². The van der Waals surface area contributed by atoms with Crippen LogP contribution in [0.3, 0.4) is 0 Å². The first-order valence-corrected chi connectivity index (χ1v) is 7.79. The molecule has 1 aliphatic rings. The Kier molecular flexibility index (Phi) is 5.22. The standard InChI is InChI=1S/C14H22N2O2S/c1-10(13-3-2-8-19-13)9-15-14(18)16-11-4-6-12(17)7-5-11/h2-3,8,10-12,17H,4-7,9H2,1H3,(H2,15,16,18). The van der Waals surface area contributed by atoms with E-state index >= 15 is 0 Å². The third-order valence-corrected chi connectivity index (χ3v) is 4.73. The number of amides is 2. The Morgan fingerprint density at radius 1 is 1.47 bits per heavy atom. The van der Waals surface area contributed by atoms with Crippen LogP contribution in [-0.4, -0.2) is 29.8 Å². The van der Waals surface area contributed by atoms with E-state index < -0.39 is 0 Å². The van der Waals surface area contributed by atoms with Gasteiger partial charge in [-0.3, -0.25) is 0 Å². The lowest BCUT2D eigenvalue weighted by Crippen LogP contribution is -2.44. The van der Waals surface area contributed by atoms with E-state index in [1.54, 1.807) is 11.3 Å². The average Bonchev–Trinajstić information content (AvgIpc) is 2.93.